The SMILES string of the molecule is C[C@H](CC[C@@H](O)C(C)(C)O)[C@H]1CC[C@]2(C)C3CCC4C(C)(C)C(=O)C(Cl)=C[C@]4(C)C3=CC[C@]12C. The highest BCUT2D eigenvalue weighted by molar-refractivity contribution is 6.43. The molecule has 0 aliphatic heterocycles. The third-order valence-electron chi connectivity index (χ3n) is 11.6. The highest BCUT2D eigenvalue weighted by Gasteiger charge is 2.65. The molecule has 0 bridgehead atoms. The molecule has 8 atom stereocenters. The first-order chi connectivity index (χ1) is 15.5. The molecule has 0 aromatic carbocycles. The number of hydrogen-bond acceptors (Lipinski definition) is 3. The number of aliphatic hydroxyl groups excluding tert-OH is 1. The summed E-state index contributed by atoms with van der Waals surface area (Å²) in [5, 5.41) is 21.0. The zero-order chi connectivity index (χ0) is 25.5. The summed E-state index contributed by atoms with van der Waals surface area (Å²) in [5.41, 5.74) is 0.355. The number of halogens is 1. The molecule has 34 heavy (non-hydrogen) atoms. The quantitative estimate of drug-likeness (QED) is 0.406. The number of rotatable bonds is 5. The van der Waals surface area contributed by atoms with Crippen molar-refractivity contribution in [3.05, 3.63) is 22.8 Å². The maximum absolute atomic E-state index is 12.9. The first-order valence-corrected chi connectivity index (χ1v) is 13.9. The van der Waals surface area contributed by atoms with Gasteiger partial charge in [0.2, 0.25) is 0 Å². The maximum Gasteiger partial charge on any atom is 0.179 e. The molecule has 4 heteroatoms. The van der Waals surface area contributed by atoms with Gasteiger partial charge < -0.3 is 10.2 Å². The molecule has 0 aromatic rings. The van der Waals surface area contributed by atoms with Gasteiger partial charge in [-0.1, -0.05) is 70.9 Å². The molecule has 0 heterocycles. The van der Waals surface area contributed by atoms with E-state index in [0.717, 1.165) is 25.7 Å². The number of Topliss-reactive ketones (excluding diaryl/α,β-unsaturated/α-hetero) is 1. The Hall–Kier alpha value is -0.640. The Morgan fingerprint density at radius 2 is 1.74 bits per heavy atom. The molecule has 0 radical (unpaired) electrons. The Labute approximate surface area is 212 Å². The highest BCUT2D eigenvalue weighted by atomic mass is 35.5. The fourth-order valence-electron chi connectivity index (χ4n) is 9.13. The highest BCUT2D eigenvalue weighted by Crippen LogP contribution is 2.72. The van der Waals surface area contributed by atoms with Crippen molar-refractivity contribution in [2.75, 3.05) is 0 Å². The molecular weight excluding hydrogens is 444 g/mol. The minimum Gasteiger partial charge on any atom is -0.390 e. The standard InChI is InChI=1S/C30H47ClO3/c1-18(9-12-24(32)27(4,5)34)19-13-15-30(8)21-10-11-23-26(2,3)25(33)22(31)17-28(23,6)20(21)14-16-29(19,30)7/h14,17-19,21,23-24,32,34H,9-13,15-16H2,1-8H3/t18-,19-,21?,23?,24-,28-,29-,30-/m1/s1. The molecule has 3 nitrogen and oxygen atoms in total. The van der Waals surface area contributed by atoms with Crippen molar-refractivity contribution >= 4 is 17.4 Å². The predicted octanol–water partition coefficient (Wildman–Crippen LogP) is 7.05. The molecule has 2 saturated carbocycles. The van der Waals surface area contributed by atoms with Gasteiger partial charge in [-0.3, -0.25) is 4.79 Å². The molecule has 2 unspecified atom stereocenters. The van der Waals surface area contributed by atoms with Gasteiger partial charge in [-0.2, -0.15) is 0 Å². The molecule has 0 saturated heterocycles. The van der Waals surface area contributed by atoms with Crippen molar-refractivity contribution in [1.29, 1.82) is 0 Å². The smallest absolute Gasteiger partial charge is 0.179 e. The Morgan fingerprint density at radius 1 is 1.09 bits per heavy atom. The van der Waals surface area contributed by atoms with Gasteiger partial charge in [0.05, 0.1) is 16.7 Å². The Bertz CT molecular complexity index is 911. The molecule has 0 spiro atoms. The van der Waals surface area contributed by atoms with Crippen LogP contribution in [0.5, 0.6) is 0 Å². The van der Waals surface area contributed by atoms with Crippen molar-refractivity contribution in [2.45, 2.75) is 112 Å². The van der Waals surface area contributed by atoms with Gasteiger partial charge in [0.15, 0.2) is 5.78 Å². The molecule has 4 aliphatic rings. The molecule has 0 amide bonds. The van der Waals surface area contributed by atoms with E-state index in [1.807, 2.05) is 0 Å². The van der Waals surface area contributed by atoms with Crippen LogP contribution < -0.4 is 0 Å². The van der Waals surface area contributed by atoms with E-state index in [1.165, 1.54) is 18.4 Å². The first-order valence-electron chi connectivity index (χ1n) is 13.5. The lowest BCUT2D eigenvalue weighted by Crippen LogP contribution is -2.56. The second-order valence-corrected chi connectivity index (χ2v) is 14.5. The Balaban J connectivity index is 1.64. The summed E-state index contributed by atoms with van der Waals surface area (Å²) in [6.07, 6.45) is 11.3. The van der Waals surface area contributed by atoms with Gasteiger partial charge in [0.1, 0.15) is 0 Å². The lowest BCUT2D eigenvalue weighted by molar-refractivity contribution is -0.131. The summed E-state index contributed by atoms with van der Waals surface area (Å²) >= 11 is 6.57. The maximum atomic E-state index is 12.9. The molecule has 4 aliphatic carbocycles. The zero-order valence-electron chi connectivity index (χ0n) is 22.7. The predicted molar refractivity (Wildman–Crippen MR) is 139 cm³/mol. The topological polar surface area (TPSA) is 57.5 Å². The number of hydrogen-bond donors (Lipinski definition) is 2. The minimum absolute atomic E-state index is 0.102. The van der Waals surface area contributed by atoms with Crippen LogP contribution >= 0.6 is 11.6 Å². The normalized spacial score (nSPS) is 43.3. The number of carbonyl (C=O) groups excluding carboxylic acids is 1. The van der Waals surface area contributed by atoms with E-state index in [2.05, 4.69) is 53.7 Å². The van der Waals surface area contributed by atoms with Crippen LogP contribution in [0.2, 0.25) is 0 Å². The van der Waals surface area contributed by atoms with Crippen LogP contribution in [0.25, 0.3) is 0 Å². The van der Waals surface area contributed by atoms with Gasteiger partial charge in [0, 0.05) is 10.8 Å². The molecule has 0 aromatic heterocycles. The summed E-state index contributed by atoms with van der Waals surface area (Å²) in [4.78, 5) is 12.9. The van der Waals surface area contributed by atoms with E-state index >= 15 is 0 Å². The second kappa shape index (κ2) is 8.18. The van der Waals surface area contributed by atoms with E-state index in [-0.39, 0.29) is 22.0 Å². The van der Waals surface area contributed by atoms with Crippen LogP contribution in [0.1, 0.15) is 100 Å². The number of allylic oxidation sites excluding steroid dienone is 4. The van der Waals surface area contributed by atoms with Crippen LogP contribution in [-0.2, 0) is 4.79 Å². The van der Waals surface area contributed by atoms with Gasteiger partial charge >= 0.3 is 0 Å². The van der Waals surface area contributed by atoms with Gasteiger partial charge in [-0.15, -0.1) is 0 Å². The average Bonchev–Trinajstić information content (AvgIpc) is 3.01. The van der Waals surface area contributed by atoms with Gasteiger partial charge in [-0.25, -0.2) is 0 Å². The van der Waals surface area contributed by atoms with E-state index in [9.17, 15) is 15.0 Å². The van der Waals surface area contributed by atoms with Crippen LogP contribution in [0.3, 0.4) is 0 Å². The zero-order valence-corrected chi connectivity index (χ0v) is 23.4. The van der Waals surface area contributed by atoms with Crippen LogP contribution in [0.4, 0.5) is 0 Å². The number of ketones is 1. The van der Waals surface area contributed by atoms with E-state index in [1.54, 1.807) is 13.8 Å². The van der Waals surface area contributed by atoms with Crippen LogP contribution in [0.15, 0.2) is 22.8 Å². The third-order valence-corrected chi connectivity index (χ3v) is 11.9. The lowest BCUT2D eigenvalue weighted by Gasteiger charge is -2.62. The number of carbonyl (C=O) groups is 1. The summed E-state index contributed by atoms with van der Waals surface area (Å²) in [5.74, 6) is 2.04. The number of aliphatic hydroxyl groups is 2. The minimum atomic E-state index is -1.05. The summed E-state index contributed by atoms with van der Waals surface area (Å²) < 4.78 is 0. The Morgan fingerprint density at radius 3 is 2.35 bits per heavy atom. The van der Waals surface area contributed by atoms with E-state index in [4.69, 9.17) is 11.6 Å². The van der Waals surface area contributed by atoms with Crippen LogP contribution in [-0.4, -0.2) is 27.7 Å². The van der Waals surface area contributed by atoms with Crippen LogP contribution in [0, 0.1) is 45.3 Å². The summed E-state index contributed by atoms with van der Waals surface area (Å²) in [6.45, 7) is 17.3. The molecule has 2 N–H and O–H groups in total. The molecule has 2 fully saturated rings. The van der Waals surface area contributed by atoms with Gasteiger partial charge in [-0.05, 0) is 93.3 Å². The van der Waals surface area contributed by atoms with Crippen molar-refractivity contribution < 1.29 is 15.0 Å². The number of fused-ring (bicyclic) bond motifs is 5. The Kier molecular flexibility index (Phi) is 6.36. The summed E-state index contributed by atoms with van der Waals surface area (Å²) in [7, 11) is 0. The van der Waals surface area contributed by atoms with Crippen molar-refractivity contribution in [2.24, 2.45) is 45.3 Å². The molecule has 192 valence electrons. The first kappa shape index (κ1) is 26.4. The fraction of sp³-hybridized carbons (Fsp3) is 0.833. The van der Waals surface area contributed by atoms with E-state index < -0.39 is 17.1 Å². The average molecular weight is 491 g/mol. The largest absolute Gasteiger partial charge is 0.390 e. The molecule has 4 rings (SSSR count). The monoisotopic (exact) mass is 490 g/mol. The fourth-order valence-corrected chi connectivity index (χ4v) is 9.60. The molecular formula is C30H47ClO3. The third kappa shape index (κ3) is 3.62. The lowest BCUT2D eigenvalue weighted by atomic mass is 9.42. The van der Waals surface area contributed by atoms with E-state index in [0.29, 0.717) is 35.1 Å². The van der Waals surface area contributed by atoms with Crippen molar-refractivity contribution in [3.63, 3.8) is 0 Å². The van der Waals surface area contributed by atoms with Crippen molar-refractivity contribution in [1.82, 2.24) is 0 Å². The van der Waals surface area contributed by atoms with Gasteiger partial charge in [0.25, 0.3) is 0 Å². The van der Waals surface area contributed by atoms with Crippen molar-refractivity contribution in [3.8, 4) is 0 Å². The summed E-state index contributed by atoms with van der Waals surface area (Å²) in [6, 6.07) is 0. The second-order valence-electron chi connectivity index (χ2n) is 14.1.